The van der Waals surface area contributed by atoms with Gasteiger partial charge in [-0.2, -0.15) is 0 Å². The first kappa shape index (κ1) is 21.5. The van der Waals surface area contributed by atoms with Crippen molar-refractivity contribution in [3.63, 3.8) is 0 Å². The zero-order valence-corrected chi connectivity index (χ0v) is 15.6. The summed E-state index contributed by atoms with van der Waals surface area (Å²) < 4.78 is 18.8. The first-order valence-corrected chi connectivity index (χ1v) is 8.78. The van der Waals surface area contributed by atoms with Crippen LogP contribution in [-0.4, -0.2) is 36.9 Å². The molecule has 2 aromatic carbocycles. The van der Waals surface area contributed by atoms with Gasteiger partial charge in [0.1, 0.15) is 12.4 Å². The Morgan fingerprint density at radius 1 is 0.966 bits per heavy atom. The summed E-state index contributed by atoms with van der Waals surface area (Å²) in [5.41, 5.74) is 0.108. The molecule has 0 heterocycles. The van der Waals surface area contributed by atoms with Gasteiger partial charge >= 0.3 is 12.0 Å². The summed E-state index contributed by atoms with van der Waals surface area (Å²) in [6.07, 6.45) is -1.41. The van der Waals surface area contributed by atoms with Gasteiger partial charge in [-0.15, -0.1) is 0 Å². The number of imide groups is 1. The smallest absolute Gasteiger partial charge is 0.326 e. The Morgan fingerprint density at radius 2 is 1.62 bits per heavy atom. The topological polar surface area (TPSA) is 114 Å². The largest absolute Gasteiger partial charge is 0.446 e. The molecule has 152 valence electrons. The molecular formula is C20H20FN3O5. The summed E-state index contributed by atoms with van der Waals surface area (Å²) in [6.45, 7) is 1.39. The van der Waals surface area contributed by atoms with Gasteiger partial charge in [0.2, 0.25) is 6.10 Å². The van der Waals surface area contributed by atoms with Crippen molar-refractivity contribution in [2.45, 2.75) is 13.0 Å². The minimum Gasteiger partial charge on any atom is -0.446 e. The maximum absolute atomic E-state index is 13.6. The third-order valence-corrected chi connectivity index (χ3v) is 3.68. The molecule has 0 spiro atoms. The van der Waals surface area contributed by atoms with E-state index in [1.165, 1.54) is 18.2 Å². The Balaban J connectivity index is 2.03. The van der Waals surface area contributed by atoms with Crippen molar-refractivity contribution in [2.24, 2.45) is 0 Å². The molecule has 0 radical (unpaired) electrons. The van der Waals surface area contributed by atoms with E-state index < -0.39 is 42.3 Å². The van der Waals surface area contributed by atoms with Gasteiger partial charge in [0.15, 0.2) is 0 Å². The Morgan fingerprint density at radius 3 is 2.28 bits per heavy atom. The SMILES string of the molecule is CCNC(=O)NC(=O)[C@@H](OC(=O)CNC(=O)c1ccccc1F)c1ccccc1. The standard InChI is InChI=1S/C20H20FN3O5/c1-2-22-20(28)24-19(27)17(13-8-4-3-5-9-13)29-16(25)12-23-18(26)14-10-6-7-11-15(14)21/h3-11,17H,2,12H2,1H3,(H,23,26)(H2,22,24,27,28)/t17-/m0/s1. The molecule has 0 aliphatic heterocycles. The van der Waals surface area contributed by atoms with E-state index in [4.69, 9.17) is 4.74 Å². The Labute approximate surface area is 166 Å². The number of hydrogen-bond acceptors (Lipinski definition) is 5. The van der Waals surface area contributed by atoms with Gasteiger partial charge in [0, 0.05) is 12.1 Å². The molecule has 0 unspecified atom stereocenters. The normalized spacial score (nSPS) is 11.1. The fraction of sp³-hybridized carbons (Fsp3) is 0.200. The van der Waals surface area contributed by atoms with E-state index in [1.54, 1.807) is 37.3 Å². The maximum atomic E-state index is 13.6. The Hall–Kier alpha value is -3.75. The number of carbonyl (C=O) groups is 4. The van der Waals surface area contributed by atoms with Crippen molar-refractivity contribution >= 4 is 23.8 Å². The predicted octanol–water partition coefficient (Wildman–Crippen LogP) is 1.69. The van der Waals surface area contributed by atoms with Crippen molar-refractivity contribution < 1.29 is 28.3 Å². The van der Waals surface area contributed by atoms with Crippen LogP contribution in [0.25, 0.3) is 0 Å². The average Bonchev–Trinajstić information content (AvgIpc) is 2.71. The van der Waals surface area contributed by atoms with E-state index >= 15 is 0 Å². The molecule has 0 bridgehead atoms. The fourth-order valence-corrected chi connectivity index (χ4v) is 2.35. The van der Waals surface area contributed by atoms with Crippen LogP contribution in [0.4, 0.5) is 9.18 Å². The monoisotopic (exact) mass is 401 g/mol. The molecule has 2 rings (SSSR count). The Bertz CT molecular complexity index is 889. The lowest BCUT2D eigenvalue weighted by molar-refractivity contribution is -0.155. The quantitative estimate of drug-likeness (QED) is 0.611. The van der Waals surface area contributed by atoms with Gasteiger partial charge < -0.3 is 15.4 Å². The Kier molecular flexibility index (Phi) is 7.84. The maximum Gasteiger partial charge on any atom is 0.326 e. The molecule has 0 aliphatic rings. The molecule has 0 saturated carbocycles. The molecule has 1 atom stereocenters. The van der Waals surface area contributed by atoms with Gasteiger partial charge in [-0.3, -0.25) is 19.7 Å². The van der Waals surface area contributed by atoms with Crippen molar-refractivity contribution in [3.05, 3.63) is 71.5 Å². The number of esters is 1. The van der Waals surface area contributed by atoms with Crippen molar-refractivity contribution in [2.75, 3.05) is 13.1 Å². The first-order chi connectivity index (χ1) is 13.9. The van der Waals surface area contributed by atoms with Crippen LogP contribution in [0.3, 0.4) is 0 Å². The van der Waals surface area contributed by atoms with Crippen molar-refractivity contribution in [1.29, 1.82) is 0 Å². The third kappa shape index (κ3) is 6.42. The van der Waals surface area contributed by atoms with Crippen LogP contribution < -0.4 is 16.0 Å². The summed E-state index contributed by atoms with van der Waals surface area (Å²) in [4.78, 5) is 48.1. The summed E-state index contributed by atoms with van der Waals surface area (Å²) in [5, 5.41) is 6.71. The number of urea groups is 1. The lowest BCUT2D eigenvalue weighted by atomic mass is 10.1. The van der Waals surface area contributed by atoms with Crippen LogP contribution in [-0.2, 0) is 14.3 Å². The number of halogens is 1. The zero-order valence-electron chi connectivity index (χ0n) is 15.6. The van der Waals surface area contributed by atoms with Crippen molar-refractivity contribution in [1.82, 2.24) is 16.0 Å². The molecule has 9 heteroatoms. The minimum absolute atomic E-state index is 0.228. The number of benzene rings is 2. The number of amides is 4. The van der Waals surface area contributed by atoms with Crippen LogP contribution >= 0.6 is 0 Å². The number of nitrogens with one attached hydrogen (secondary N) is 3. The second kappa shape index (κ2) is 10.5. The van der Waals surface area contributed by atoms with Crippen LogP contribution in [0.15, 0.2) is 54.6 Å². The number of rotatable bonds is 7. The van der Waals surface area contributed by atoms with Crippen LogP contribution in [0.5, 0.6) is 0 Å². The van der Waals surface area contributed by atoms with E-state index in [9.17, 15) is 23.6 Å². The van der Waals surface area contributed by atoms with Crippen LogP contribution in [0, 0.1) is 5.82 Å². The molecule has 8 nitrogen and oxygen atoms in total. The highest BCUT2D eigenvalue weighted by Crippen LogP contribution is 2.17. The molecule has 0 saturated heterocycles. The second-order valence-electron chi connectivity index (χ2n) is 5.79. The summed E-state index contributed by atoms with van der Waals surface area (Å²) in [6, 6.07) is 12.6. The molecule has 0 fully saturated rings. The number of ether oxygens (including phenoxy) is 1. The third-order valence-electron chi connectivity index (χ3n) is 3.68. The molecule has 0 aliphatic carbocycles. The number of carbonyl (C=O) groups excluding carboxylic acids is 4. The van der Waals surface area contributed by atoms with Gasteiger partial charge in [0.05, 0.1) is 5.56 Å². The summed E-state index contributed by atoms with van der Waals surface area (Å²) in [5.74, 6) is -3.32. The zero-order chi connectivity index (χ0) is 21.2. The second-order valence-corrected chi connectivity index (χ2v) is 5.79. The van der Waals surface area contributed by atoms with Gasteiger partial charge in [0.25, 0.3) is 11.8 Å². The lowest BCUT2D eigenvalue weighted by Crippen LogP contribution is -2.43. The summed E-state index contributed by atoms with van der Waals surface area (Å²) in [7, 11) is 0. The first-order valence-electron chi connectivity index (χ1n) is 8.78. The molecular weight excluding hydrogens is 381 g/mol. The molecule has 29 heavy (non-hydrogen) atoms. The molecule has 3 N–H and O–H groups in total. The van der Waals surface area contributed by atoms with Crippen LogP contribution in [0.1, 0.15) is 28.9 Å². The predicted molar refractivity (Wildman–Crippen MR) is 101 cm³/mol. The van der Waals surface area contributed by atoms with E-state index in [-0.39, 0.29) is 5.56 Å². The van der Waals surface area contributed by atoms with Gasteiger partial charge in [-0.25, -0.2) is 9.18 Å². The van der Waals surface area contributed by atoms with E-state index in [1.807, 2.05) is 0 Å². The van der Waals surface area contributed by atoms with Gasteiger partial charge in [-0.05, 0) is 19.1 Å². The van der Waals surface area contributed by atoms with Crippen molar-refractivity contribution in [3.8, 4) is 0 Å². The van der Waals surface area contributed by atoms with Crippen LogP contribution in [0.2, 0.25) is 0 Å². The minimum atomic E-state index is -1.41. The van der Waals surface area contributed by atoms with Gasteiger partial charge in [-0.1, -0.05) is 42.5 Å². The fourth-order valence-electron chi connectivity index (χ4n) is 2.35. The molecule has 2 aromatic rings. The molecule has 4 amide bonds. The van der Waals surface area contributed by atoms with E-state index in [0.717, 1.165) is 6.07 Å². The van der Waals surface area contributed by atoms with E-state index in [0.29, 0.717) is 12.1 Å². The lowest BCUT2D eigenvalue weighted by Gasteiger charge is -2.18. The highest BCUT2D eigenvalue weighted by atomic mass is 19.1. The molecule has 0 aromatic heterocycles. The average molecular weight is 401 g/mol. The van der Waals surface area contributed by atoms with E-state index in [2.05, 4.69) is 16.0 Å². The summed E-state index contributed by atoms with van der Waals surface area (Å²) >= 11 is 0. The highest BCUT2D eigenvalue weighted by Gasteiger charge is 2.26. The number of hydrogen-bond donors (Lipinski definition) is 3. The highest BCUT2D eigenvalue weighted by molar-refractivity contribution is 5.98.